The lowest BCUT2D eigenvalue weighted by molar-refractivity contribution is -0.137. The predicted octanol–water partition coefficient (Wildman–Crippen LogP) is 3.97. The van der Waals surface area contributed by atoms with Crippen LogP contribution < -0.4 is 0 Å². The van der Waals surface area contributed by atoms with Crippen molar-refractivity contribution in [1.82, 2.24) is 24.6 Å². The van der Waals surface area contributed by atoms with Crippen molar-refractivity contribution in [3.8, 4) is 0 Å². The largest absolute Gasteiger partial charge is 0.447 e. The zero-order chi connectivity index (χ0) is 26.5. The first-order valence-corrected chi connectivity index (χ1v) is 12.9. The minimum absolute atomic E-state index is 0.0966. The third kappa shape index (κ3) is 6.80. The van der Waals surface area contributed by atoms with Crippen LogP contribution in [0.4, 0.5) is 13.2 Å². The quantitative estimate of drug-likeness (QED) is 0.464. The van der Waals surface area contributed by atoms with Crippen LogP contribution in [0.5, 0.6) is 0 Å². The van der Waals surface area contributed by atoms with Crippen molar-refractivity contribution in [2.24, 2.45) is 0 Å². The van der Waals surface area contributed by atoms with Crippen molar-refractivity contribution in [3.05, 3.63) is 89.1 Å². The molecule has 0 spiro atoms. The maximum Gasteiger partial charge on any atom is 0.416 e. The van der Waals surface area contributed by atoms with Crippen LogP contribution in [0.3, 0.4) is 0 Å². The molecule has 2 fully saturated rings. The van der Waals surface area contributed by atoms with E-state index in [9.17, 15) is 18.0 Å². The fourth-order valence-electron chi connectivity index (χ4n) is 4.95. The summed E-state index contributed by atoms with van der Waals surface area (Å²) >= 11 is 0. The Morgan fingerprint density at radius 2 is 1.26 bits per heavy atom. The molecule has 7 nitrogen and oxygen atoms in total. The van der Waals surface area contributed by atoms with E-state index in [2.05, 4.69) is 31.8 Å². The Morgan fingerprint density at radius 1 is 0.737 bits per heavy atom. The molecule has 3 aromatic rings. The lowest BCUT2D eigenvalue weighted by Gasteiger charge is -2.34. The molecule has 2 aromatic carbocycles. The number of piperazine rings is 2. The van der Waals surface area contributed by atoms with E-state index in [1.165, 1.54) is 11.8 Å². The highest BCUT2D eigenvalue weighted by Gasteiger charge is 2.30. The van der Waals surface area contributed by atoms with Crippen molar-refractivity contribution in [2.75, 3.05) is 52.4 Å². The van der Waals surface area contributed by atoms with E-state index >= 15 is 0 Å². The summed E-state index contributed by atoms with van der Waals surface area (Å²) in [5.74, 6) is 0.424. The molecule has 0 aliphatic carbocycles. The van der Waals surface area contributed by atoms with Crippen LogP contribution in [0.25, 0.3) is 0 Å². The molecule has 1 amide bonds. The molecule has 2 saturated heterocycles. The van der Waals surface area contributed by atoms with Gasteiger partial charge in [-0.2, -0.15) is 13.2 Å². The second-order valence-electron chi connectivity index (χ2n) is 9.93. The average Bonchev–Trinajstić information content (AvgIpc) is 3.39. The number of nitrogens with zero attached hydrogens (tertiary/aromatic N) is 5. The smallest absolute Gasteiger partial charge is 0.416 e. The molecule has 0 unspecified atom stereocenters. The number of benzene rings is 2. The number of halogens is 3. The molecule has 0 bridgehead atoms. The van der Waals surface area contributed by atoms with E-state index in [0.717, 1.165) is 63.5 Å². The fourth-order valence-corrected chi connectivity index (χ4v) is 4.95. The topological polar surface area (TPSA) is 56.1 Å². The van der Waals surface area contributed by atoms with Crippen molar-refractivity contribution >= 4 is 5.91 Å². The number of amides is 1. The van der Waals surface area contributed by atoms with Crippen molar-refractivity contribution < 1.29 is 22.4 Å². The van der Waals surface area contributed by atoms with E-state index < -0.39 is 11.7 Å². The third-order valence-corrected chi connectivity index (χ3v) is 7.19. The van der Waals surface area contributed by atoms with Crippen molar-refractivity contribution in [3.63, 3.8) is 0 Å². The van der Waals surface area contributed by atoms with Gasteiger partial charge in [-0.1, -0.05) is 42.5 Å². The van der Waals surface area contributed by atoms with E-state index in [0.29, 0.717) is 37.8 Å². The molecule has 1 aromatic heterocycles. The summed E-state index contributed by atoms with van der Waals surface area (Å²) in [6, 6.07) is 15.7. The number of hydrogen-bond donors (Lipinski definition) is 0. The molecule has 38 heavy (non-hydrogen) atoms. The van der Waals surface area contributed by atoms with Gasteiger partial charge in [-0.25, -0.2) is 4.98 Å². The zero-order valence-electron chi connectivity index (χ0n) is 21.2. The molecule has 0 radical (unpaired) electrons. The van der Waals surface area contributed by atoms with E-state index in [1.807, 2.05) is 23.1 Å². The normalized spacial score (nSPS) is 18.1. The summed E-state index contributed by atoms with van der Waals surface area (Å²) in [6.45, 7) is 8.14. The molecule has 202 valence electrons. The highest BCUT2D eigenvalue weighted by atomic mass is 19.4. The van der Waals surface area contributed by atoms with Crippen molar-refractivity contribution in [2.45, 2.75) is 25.8 Å². The van der Waals surface area contributed by atoms with Gasteiger partial charge < -0.3 is 9.32 Å². The van der Waals surface area contributed by atoms with Gasteiger partial charge in [0.1, 0.15) is 6.26 Å². The fraction of sp³-hybridized carbons (Fsp3) is 0.429. The lowest BCUT2D eigenvalue weighted by Crippen LogP contribution is -2.48. The third-order valence-electron chi connectivity index (χ3n) is 7.19. The van der Waals surface area contributed by atoms with Crippen LogP contribution >= 0.6 is 0 Å². The Labute approximate surface area is 220 Å². The highest BCUT2D eigenvalue weighted by Crippen LogP contribution is 2.29. The maximum absolute atomic E-state index is 13.0. The van der Waals surface area contributed by atoms with Crippen LogP contribution in [0, 0.1) is 0 Å². The molecular weight excluding hydrogens is 495 g/mol. The molecule has 2 aliphatic heterocycles. The van der Waals surface area contributed by atoms with Crippen LogP contribution in [0.1, 0.15) is 33.1 Å². The maximum atomic E-state index is 13.0. The van der Waals surface area contributed by atoms with Gasteiger partial charge in [0.2, 0.25) is 5.89 Å². The number of alkyl halides is 3. The first-order valence-electron chi connectivity index (χ1n) is 12.9. The molecule has 5 rings (SSSR count). The number of oxazole rings is 1. The molecular formula is C28H32F3N5O2. The summed E-state index contributed by atoms with van der Waals surface area (Å²) in [4.78, 5) is 26.1. The molecule has 0 saturated carbocycles. The Balaban J connectivity index is 1.05. The summed E-state index contributed by atoms with van der Waals surface area (Å²) in [6.07, 6.45) is -2.86. The molecule has 3 heterocycles. The first kappa shape index (κ1) is 26.4. The lowest BCUT2D eigenvalue weighted by atomic mass is 10.1. The average molecular weight is 528 g/mol. The Hall–Kier alpha value is -3.21. The van der Waals surface area contributed by atoms with E-state index in [4.69, 9.17) is 4.42 Å². The van der Waals surface area contributed by atoms with E-state index in [-0.39, 0.29) is 5.91 Å². The van der Waals surface area contributed by atoms with Gasteiger partial charge in [0.05, 0.1) is 12.1 Å². The number of carbonyl (C=O) groups excluding carboxylic acids is 1. The minimum atomic E-state index is -4.31. The van der Waals surface area contributed by atoms with Gasteiger partial charge in [-0.05, 0) is 23.3 Å². The number of rotatable bonds is 7. The standard InChI is InChI=1S/C28H32F3N5O2/c29-28(30,31)24-8-6-23(7-9-24)19-33-10-12-35(13-11-33)20-26-32-25(21-38-26)27(37)36-16-14-34(15-17-36)18-22-4-2-1-3-5-22/h1-9,21H,10-20H2. The van der Waals surface area contributed by atoms with Crippen LogP contribution in [0.15, 0.2) is 65.3 Å². The second-order valence-corrected chi connectivity index (χ2v) is 9.93. The van der Waals surface area contributed by atoms with Gasteiger partial charge in [0.15, 0.2) is 5.69 Å². The summed E-state index contributed by atoms with van der Waals surface area (Å²) in [7, 11) is 0. The van der Waals surface area contributed by atoms with Gasteiger partial charge in [0.25, 0.3) is 5.91 Å². The summed E-state index contributed by atoms with van der Waals surface area (Å²) in [5, 5.41) is 0. The first-order chi connectivity index (χ1) is 18.3. The van der Waals surface area contributed by atoms with Gasteiger partial charge in [0, 0.05) is 65.4 Å². The monoisotopic (exact) mass is 527 g/mol. The second kappa shape index (κ2) is 11.7. The molecule has 0 atom stereocenters. The molecule has 0 N–H and O–H groups in total. The Morgan fingerprint density at radius 3 is 1.84 bits per heavy atom. The Bertz CT molecular complexity index is 1180. The van der Waals surface area contributed by atoms with Gasteiger partial charge in [-0.15, -0.1) is 0 Å². The number of aromatic nitrogens is 1. The SMILES string of the molecule is O=C(c1coc(CN2CCN(Cc3ccc(C(F)(F)F)cc3)CC2)n1)N1CCN(Cc2ccccc2)CC1. The zero-order valence-corrected chi connectivity index (χ0v) is 21.2. The van der Waals surface area contributed by atoms with Crippen molar-refractivity contribution in [1.29, 1.82) is 0 Å². The highest BCUT2D eigenvalue weighted by molar-refractivity contribution is 5.92. The van der Waals surface area contributed by atoms with Crippen LogP contribution in [-0.2, 0) is 25.8 Å². The molecule has 10 heteroatoms. The number of carbonyl (C=O) groups is 1. The van der Waals surface area contributed by atoms with Crippen LogP contribution in [0.2, 0.25) is 0 Å². The van der Waals surface area contributed by atoms with Gasteiger partial charge in [-0.3, -0.25) is 19.5 Å². The van der Waals surface area contributed by atoms with Gasteiger partial charge >= 0.3 is 6.18 Å². The summed E-state index contributed by atoms with van der Waals surface area (Å²) < 4.78 is 43.9. The summed E-state index contributed by atoms with van der Waals surface area (Å²) in [5.41, 5.74) is 1.86. The van der Waals surface area contributed by atoms with Crippen LogP contribution in [-0.4, -0.2) is 82.8 Å². The number of hydrogen-bond acceptors (Lipinski definition) is 6. The predicted molar refractivity (Wildman–Crippen MR) is 136 cm³/mol. The van der Waals surface area contributed by atoms with E-state index in [1.54, 1.807) is 12.1 Å². The minimum Gasteiger partial charge on any atom is -0.447 e. The Kier molecular flexibility index (Phi) is 8.11. The molecule has 2 aliphatic rings.